The number of hydrogen-bond donors (Lipinski definition) is 2. The standard InChI is InChI=1S/C16H28N4O3/c1-12-13(2)23-14(20-12)11-19-16(17-3)18-10-8-6-5-7-9-15(21)22-4/h5-11H2,1-4H3,(H2,17,18,19). The zero-order chi connectivity index (χ0) is 17.1. The number of methoxy groups -OCH3 is 1. The van der Waals surface area contributed by atoms with Crippen LogP contribution in [0.25, 0.3) is 0 Å². The summed E-state index contributed by atoms with van der Waals surface area (Å²) in [7, 11) is 3.16. The van der Waals surface area contributed by atoms with Gasteiger partial charge in [-0.1, -0.05) is 12.8 Å². The van der Waals surface area contributed by atoms with Gasteiger partial charge in [-0.15, -0.1) is 0 Å². The molecule has 1 aromatic heterocycles. The topological polar surface area (TPSA) is 88.8 Å². The van der Waals surface area contributed by atoms with Crippen LogP contribution in [0.3, 0.4) is 0 Å². The van der Waals surface area contributed by atoms with Crippen LogP contribution >= 0.6 is 0 Å². The molecule has 23 heavy (non-hydrogen) atoms. The molecule has 1 heterocycles. The third-order valence-electron chi connectivity index (χ3n) is 3.53. The molecule has 0 aliphatic carbocycles. The maximum atomic E-state index is 11.0. The fourth-order valence-corrected chi connectivity index (χ4v) is 2.05. The number of carbonyl (C=O) groups excluding carboxylic acids is 1. The smallest absolute Gasteiger partial charge is 0.305 e. The molecule has 0 aromatic carbocycles. The highest BCUT2D eigenvalue weighted by Crippen LogP contribution is 2.07. The fraction of sp³-hybridized carbons (Fsp3) is 0.688. The van der Waals surface area contributed by atoms with E-state index in [9.17, 15) is 4.79 Å². The van der Waals surface area contributed by atoms with Crippen molar-refractivity contribution in [3.05, 3.63) is 17.3 Å². The van der Waals surface area contributed by atoms with Crippen LogP contribution in [0.4, 0.5) is 0 Å². The van der Waals surface area contributed by atoms with E-state index < -0.39 is 0 Å². The molecule has 2 N–H and O–H groups in total. The van der Waals surface area contributed by atoms with Crippen LogP contribution < -0.4 is 10.6 Å². The number of carbonyl (C=O) groups is 1. The molecule has 0 saturated heterocycles. The Morgan fingerprint density at radius 3 is 2.57 bits per heavy atom. The Morgan fingerprint density at radius 2 is 1.96 bits per heavy atom. The summed E-state index contributed by atoms with van der Waals surface area (Å²) in [4.78, 5) is 19.5. The molecule has 1 aromatic rings. The van der Waals surface area contributed by atoms with E-state index >= 15 is 0 Å². The van der Waals surface area contributed by atoms with Gasteiger partial charge in [0.1, 0.15) is 5.76 Å². The molecule has 0 amide bonds. The zero-order valence-electron chi connectivity index (χ0n) is 14.6. The largest absolute Gasteiger partial charge is 0.469 e. The Bertz CT molecular complexity index is 492. The number of oxazole rings is 1. The van der Waals surface area contributed by atoms with E-state index in [0.29, 0.717) is 18.9 Å². The normalized spacial score (nSPS) is 11.4. The number of nitrogens with one attached hydrogen (secondary N) is 2. The van der Waals surface area contributed by atoms with E-state index in [-0.39, 0.29) is 5.97 Å². The van der Waals surface area contributed by atoms with Crippen molar-refractivity contribution in [2.24, 2.45) is 4.99 Å². The van der Waals surface area contributed by atoms with Crippen LogP contribution in [0.1, 0.15) is 49.4 Å². The van der Waals surface area contributed by atoms with Crippen LogP contribution in [-0.4, -0.2) is 37.6 Å². The first kappa shape index (κ1) is 19.0. The van der Waals surface area contributed by atoms with Crippen LogP contribution in [0.2, 0.25) is 0 Å². The van der Waals surface area contributed by atoms with Gasteiger partial charge in [0.05, 0.1) is 19.3 Å². The van der Waals surface area contributed by atoms with Gasteiger partial charge in [-0.05, 0) is 26.7 Å². The Labute approximate surface area is 137 Å². The maximum absolute atomic E-state index is 11.0. The van der Waals surface area contributed by atoms with Crippen molar-refractivity contribution < 1.29 is 13.9 Å². The number of nitrogens with zero attached hydrogens (tertiary/aromatic N) is 2. The van der Waals surface area contributed by atoms with Crippen molar-refractivity contribution in [3.63, 3.8) is 0 Å². The third-order valence-corrected chi connectivity index (χ3v) is 3.53. The van der Waals surface area contributed by atoms with Crippen molar-refractivity contribution in [1.29, 1.82) is 0 Å². The Morgan fingerprint density at radius 1 is 1.22 bits per heavy atom. The lowest BCUT2D eigenvalue weighted by Gasteiger charge is -2.10. The molecule has 0 saturated carbocycles. The van der Waals surface area contributed by atoms with Crippen molar-refractivity contribution >= 4 is 11.9 Å². The molecule has 0 fully saturated rings. The quantitative estimate of drug-likeness (QED) is 0.313. The van der Waals surface area contributed by atoms with Gasteiger partial charge in [0.2, 0.25) is 5.89 Å². The molecule has 0 spiro atoms. The summed E-state index contributed by atoms with van der Waals surface area (Å²) in [5.74, 6) is 2.10. The van der Waals surface area contributed by atoms with E-state index in [2.05, 4.69) is 25.3 Å². The Kier molecular flexibility index (Phi) is 8.79. The second-order valence-corrected chi connectivity index (χ2v) is 5.34. The first-order valence-corrected chi connectivity index (χ1v) is 8.01. The third kappa shape index (κ3) is 7.67. The number of ether oxygens (including phenoxy) is 1. The van der Waals surface area contributed by atoms with Gasteiger partial charge in [0.15, 0.2) is 5.96 Å². The fourth-order valence-electron chi connectivity index (χ4n) is 2.05. The number of aromatic nitrogens is 1. The van der Waals surface area contributed by atoms with E-state index in [1.165, 1.54) is 7.11 Å². The average molecular weight is 324 g/mol. The molecule has 1 rings (SSSR count). The molecular weight excluding hydrogens is 296 g/mol. The van der Waals surface area contributed by atoms with Crippen molar-refractivity contribution in [2.75, 3.05) is 20.7 Å². The lowest BCUT2D eigenvalue weighted by atomic mass is 10.1. The first-order valence-electron chi connectivity index (χ1n) is 8.01. The van der Waals surface area contributed by atoms with Gasteiger partial charge < -0.3 is 19.8 Å². The van der Waals surface area contributed by atoms with E-state index in [4.69, 9.17) is 4.42 Å². The number of guanidine groups is 1. The van der Waals surface area contributed by atoms with Gasteiger partial charge in [-0.3, -0.25) is 9.79 Å². The minimum Gasteiger partial charge on any atom is -0.469 e. The molecule has 0 unspecified atom stereocenters. The lowest BCUT2D eigenvalue weighted by Crippen LogP contribution is -2.37. The highest BCUT2D eigenvalue weighted by Gasteiger charge is 2.06. The van der Waals surface area contributed by atoms with Gasteiger partial charge >= 0.3 is 5.97 Å². The van der Waals surface area contributed by atoms with Crippen molar-refractivity contribution in [3.8, 4) is 0 Å². The van der Waals surface area contributed by atoms with Crippen molar-refractivity contribution in [2.45, 2.75) is 52.5 Å². The number of aryl methyl sites for hydroxylation is 2. The Hall–Kier alpha value is -2.05. The summed E-state index contributed by atoms with van der Waals surface area (Å²) >= 11 is 0. The van der Waals surface area contributed by atoms with Crippen LogP contribution in [0.15, 0.2) is 9.41 Å². The van der Waals surface area contributed by atoms with Crippen LogP contribution in [0, 0.1) is 13.8 Å². The molecule has 0 radical (unpaired) electrons. The number of hydrogen-bond acceptors (Lipinski definition) is 5. The summed E-state index contributed by atoms with van der Waals surface area (Å²) < 4.78 is 10.1. The molecule has 0 aliphatic rings. The predicted molar refractivity (Wildman–Crippen MR) is 89.3 cm³/mol. The molecule has 7 nitrogen and oxygen atoms in total. The second kappa shape index (κ2) is 10.6. The summed E-state index contributed by atoms with van der Waals surface area (Å²) in [6.07, 6.45) is 4.50. The maximum Gasteiger partial charge on any atom is 0.305 e. The van der Waals surface area contributed by atoms with Crippen LogP contribution in [0.5, 0.6) is 0 Å². The van der Waals surface area contributed by atoms with Gasteiger partial charge in [0.25, 0.3) is 0 Å². The molecule has 130 valence electrons. The number of aliphatic imine (C=N–C) groups is 1. The average Bonchev–Trinajstić information content (AvgIpc) is 2.87. The first-order chi connectivity index (χ1) is 11.1. The van der Waals surface area contributed by atoms with Crippen LogP contribution in [-0.2, 0) is 16.1 Å². The molecule has 0 bridgehead atoms. The summed E-state index contributed by atoms with van der Waals surface area (Å²) in [5, 5.41) is 6.42. The van der Waals surface area contributed by atoms with E-state index in [1.54, 1.807) is 7.05 Å². The summed E-state index contributed by atoms with van der Waals surface area (Å²) in [6.45, 7) is 5.17. The summed E-state index contributed by atoms with van der Waals surface area (Å²) in [5.41, 5.74) is 0.914. The Balaban J connectivity index is 2.11. The van der Waals surface area contributed by atoms with Gasteiger partial charge in [-0.25, -0.2) is 4.98 Å². The van der Waals surface area contributed by atoms with Gasteiger partial charge in [0, 0.05) is 20.0 Å². The van der Waals surface area contributed by atoms with E-state index in [1.807, 2.05) is 13.8 Å². The molecule has 0 atom stereocenters. The monoisotopic (exact) mass is 324 g/mol. The minimum atomic E-state index is -0.135. The summed E-state index contributed by atoms with van der Waals surface area (Å²) in [6, 6.07) is 0. The number of rotatable bonds is 9. The second-order valence-electron chi connectivity index (χ2n) is 5.34. The number of unbranched alkanes of at least 4 members (excludes halogenated alkanes) is 3. The minimum absolute atomic E-state index is 0.135. The van der Waals surface area contributed by atoms with Crippen molar-refractivity contribution in [1.82, 2.24) is 15.6 Å². The molecular formula is C16H28N4O3. The van der Waals surface area contributed by atoms with Gasteiger partial charge in [-0.2, -0.15) is 0 Å². The van der Waals surface area contributed by atoms with E-state index in [0.717, 1.165) is 49.6 Å². The highest BCUT2D eigenvalue weighted by atomic mass is 16.5. The number of esters is 1. The predicted octanol–water partition coefficient (Wildman–Crippen LogP) is 2.08. The SMILES string of the molecule is CN=C(NCCCCCCC(=O)OC)NCc1nc(C)c(C)o1. The lowest BCUT2D eigenvalue weighted by molar-refractivity contribution is -0.140. The zero-order valence-corrected chi connectivity index (χ0v) is 14.6. The molecule has 0 aliphatic heterocycles. The highest BCUT2D eigenvalue weighted by molar-refractivity contribution is 5.79. The molecule has 7 heteroatoms.